The third-order valence-corrected chi connectivity index (χ3v) is 5.55. The van der Waals surface area contributed by atoms with E-state index in [4.69, 9.17) is 16.3 Å². The Morgan fingerprint density at radius 3 is 2.92 bits per heavy atom. The molecule has 0 bridgehead atoms. The third kappa shape index (κ3) is 4.03. The van der Waals surface area contributed by atoms with E-state index in [0.717, 1.165) is 20.1 Å². The van der Waals surface area contributed by atoms with E-state index in [0.29, 0.717) is 22.3 Å². The molecular weight excluding hydrogens is 424 g/mol. The number of fused-ring (bicyclic) bond motifs is 1. The van der Waals surface area contributed by atoms with Gasteiger partial charge < -0.3 is 4.74 Å². The third-order valence-electron chi connectivity index (χ3n) is 3.38. The summed E-state index contributed by atoms with van der Waals surface area (Å²) in [5.41, 5.74) is 3.29. The van der Waals surface area contributed by atoms with E-state index in [-0.39, 0.29) is 5.91 Å². The molecule has 7 heteroatoms. The number of hydrogen-bond acceptors (Lipinski definition) is 4. The van der Waals surface area contributed by atoms with Gasteiger partial charge in [0.2, 0.25) is 0 Å². The Balaban J connectivity index is 1.79. The summed E-state index contributed by atoms with van der Waals surface area (Å²) >= 11 is 11.1. The van der Waals surface area contributed by atoms with Crippen LogP contribution in [-0.2, 0) is 0 Å². The summed E-state index contributed by atoms with van der Waals surface area (Å²) < 4.78 is 7.41. The van der Waals surface area contributed by atoms with Gasteiger partial charge in [-0.05, 0) is 31.2 Å². The average Bonchev–Trinajstić information content (AvgIpc) is 2.94. The Morgan fingerprint density at radius 2 is 2.16 bits per heavy atom. The Morgan fingerprint density at radius 1 is 1.36 bits per heavy atom. The monoisotopic (exact) mass is 436 g/mol. The zero-order valence-electron chi connectivity index (χ0n) is 13.3. The van der Waals surface area contributed by atoms with Crippen molar-refractivity contribution in [3.8, 4) is 5.75 Å². The highest BCUT2D eigenvalue weighted by molar-refractivity contribution is 9.10. The Bertz CT molecular complexity index is 955. The summed E-state index contributed by atoms with van der Waals surface area (Å²) in [6.45, 7) is 2.46. The van der Waals surface area contributed by atoms with Crippen LogP contribution >= 0.6 is 38.9 Å². The van der Waals surface area contributed by atoms with E-state index in [2.05, 4.69) is 26.5 Å². The van der Waals surface area contributed by atoms with Crippen LogP contribution in [0.25, 0.3) is 10.1 Å². The zero-order valence-corrected chi connectivity index (χ0v) is 16.4. The molecule has 25 heavy (non-hydrogen) atoms. The number of carbonyl (C=O) groups excluding carboxylic acids is 1. The van der Waals surface area contributed by atoms with Crippen LogP contribution in [0.3, 0.4) is 0 Å². The van der Waals surface area contributed by atoms with Crippen LogP contribution in [-0.4, -0.2) is 18.7 Å². The van der Waals surface area contributed by atoms with Crippen LogP contribution in [0.15, 0.2) is 52.0 Å². The van der Waals surface area contributed by atoms with Gasteiger partial charge in [-0.3, -0.25) is 4.79 Å². The molecule has 0 radical (unpaired) electrons. The van der Waals surface area contributed by atoms with Crippen molar-refractivity contribution >= 4 is 61.1 Å². The summed E-state index contributed by atoms with van der Waals surface area (Å²) in [4.78, 5) is 12.8. The predicted molar refractivity (Wildman–Crippen MR) is 107 cm³/mol. The highest BCUT2D eigenvalue weighted by Gasteiger charge is 2.16. The molecular formula is C18H14BrClN2O2S. The smallest absolute Gasteiger partial charge is 0.283 e. The first-order valence-corrected chi connectivity index (χ1v) is 9.51. The standard InChI is InChI=1S/C18H14BrClN2O2S/c1-2-24-14-8-7-12(19)9-11(14)10-21-22-18(23)17-16(20)13-5-3-4-6-15(13)25-17/h3-10H,2H2,1H3,(H,22,23). The summed E-state index contributed by atoms with van der Waals surface area (Å²) in [6.07, 6.45) is 1.55. The maximum Gasteiger partial charge on any atom is 0.283 e. The van der Waals surface area contributed by atoms with Gasteiger partial charge >= 0.3 is 0 Å². The van der Waals surface area contributed by atoms with E-state index >= 15 is 0 Å². The predicted octanol–water partition coefficient (Wildman–Crippen LogP) is 5.48. The van der Waals surface area contributed by atoms with Crippen LogP contribution in [0.4, 0.5) is 0 Å². The number of carbonyl (C=O) groups is 1. The number of benzene rings is 2. The van der Waals surface area contributed by atoms with E-state index in [1.165, 1.54) is 11.3 Å². The molecule has 4 nitrogen and oxygen atoms in total. The van der Waals surface area contributed by atoms with Crippen LogP contribution < -0.4 is 10.2 Å². The maximum absolute atomic E-state index is 12.4. The number of hydrogen-bond donors (Lipinski definition) is 1. The van der Waals surface area contributed by atoms with E-state index in [1.54, 1.807) is 6.21 Å². The van der Waals surface area contributed by atoms with Gasteiger partial charge in [-0.2, -0.15) is 5.10 Å². The van der Waals surface area contributed by atoms with Gasteiger partial charge in [0.15, 0.2) is 0 Å². The molecule has 3 aromatic rings. The van der Waals surface area contributed by atoms with Gasteiger partial charge in [-0.1, -0.05) is 45.7 Å². The molecule has 3 rings (SSSR count). The Labute approximate surface area is 162 Å². The lowest BCUT2D eigenvalue weighted by molar-refractivity contribution is 0.0959. The maximum atomic E-state index is 12.4. The van der Waals surface area contributed by atoms with Gasteiger partial charge in [0.1, 0.15) is 10.6 Å². The molecule has 0 saturated heterocycles. The van der Waals surface area contributed by atoms with E-state index < -0.39 is 0 Å². The first-order valence-electron chi connectivity index (χ1n) is 7.53. The van der Waals surface area contributed by atoms with Gasteiger partial charge in [0.05, 0.1) is 17.8 Å². The van der Waals surface area contributed by atoms with Crippen molar-refractivity contribution in [3.05, 3.63) is 62.4 Å². The lowest BCUT2D eigenvalue weighted by atomic mass is 10.2. The van der Waals surface area contributed by atoms with Crippen molar-refractivity contribution in [2.45, 2.75) is 6.92 Å². The fourth-order valence-electron chi connectivity index (χ4n) is 2.28. The highest BCUT2D eigenvalue weighted by Crippen LogP contribution is 2.34. The minimum Gasteiger partial charge on any atom is -0.493 e. The Kier molecular flexibility index (Phi) is 5.73. The molecule has 2 aromatic carbocycles. The number of thiophene rings is 1. The minimum absolute atomic E-state index is 0.338. The summed E-state index contributed by atoms with van der Waals surface area (Å²) in [5, 5.41) is 5.36. The van der Waals surface area contributed by atoms with E-state index in [1.807, 2.05) is 49.4 Å². The van der Waals surface area contributed by atoms with Crippen molar-refractivity contribution in [2.24, 2.45) is 5.10 Å². The molecule has 1 heterocycles. The molecule has 128 valence electrons. The fourth-order valence-corrected chi connectivity index (χ4v) is 4.06. The summed E-state index contributed by atoms with van der Waals surface area (Å²) in [7, 11) is 0. The number of rotatable bonds is 5. The normalized spacial score (nSPS) is 11.2. The first kappa shape index (κ1) is 17.9. The SMILES string of the molecule is CCOc1ccc(Br)cc1C=NNC(=O)c1sc2ccccc2c1Cl. The molecule has 0 aliphatic heterocycles. The largest absolute Gasteiger partial charge is 0.493 e. The van der Waals surface area contributed by atoms with Gasteiger partial charge in [0, 0.05) is 20.1 Å². The van der Waals surface area contributed by atoms with Crippen LogP contribution in [0, 0.1) is 0 Å². The molecule has 1 aromatic heterocycles. The molecule has 0 spiro atoms. The fraction of sp³-hybridized carbons (Fsp3) is 0.111. The van der Waals surface area contributed by atoms with Crippen molar-refractivity contribution in [3.63, 3.8) is 0 Å². The minimum atomic E-state index is -0.338. The number of nitrogens with zero attached hydrogens (tertiary/aromatic N) is 1. The van der Waals surface area contributed by atoms with Crippen LogP contribution in [0.1, 0.15) is 22.2 Å². The first-order chi connectivity index (χ1) is 12.1. The average molecular weight is 438 g/mol. The number of halogens is 2. The van der Waals surface area contributed by atoms with Crippen LogP contribution in [0.5, 0.6) is 5.75 Å². The second-order valence-electron chi connectivity index (χ2n) is 5.06. The van der Waals surface area contributed by atoms with E-state index in [9.17, 15) is 4.79 Å². The second-order valence-corrected chi connectivity index (χ2v) is 7.40. The van der Waals surface area contributed by atoms with Crippen LogP contribution in [0.2, 0.25) is 5.02 Å². The van der Waals surface area contributed by atoms with Crippen molar-refractivity contribution in [2.75, 3.05) is 6.61 Å². The highest BCUT2D eigenvalue weighted by atomic mass is 79.9. The second kappa shape index (κ2) is 7.99. The summed E-state index contributed by atoms with van der Waals surface area (Å²) in [5.74, 6) is 0.360. The lowest BCUT2D eigenvalue weighted by Crippen LogP contribution is -2.16. The number of nitrogens with one attached hydrogen (secondary N) is 1. The number of amides is 1. The van der Waals surface area contributed by atoms with Crippen molar-refractivity contribution in [1.82, 2.24) is 5.43 Å². The van der Waals surface area contributed by atoms with Crippen molar-refractivity contribution in [1.29, 1.82) is 0 Å². The lowest BCUT2D eigenvalue weighted by Gasteiger charge is -2.07. The van der Waals surface area contributed by atoms with Gasteiger partial charge in [0.25, 0.3) is 5.91 Å². The molecule has 1 N–H and O–H groups in total. The van der Waals surface area contributed by atoms with Gasteiger partial charge in [-0.25, -0.2) is 5.43 Å². The molecule has 0 aliphatic rings. The van der Waals surface area contributed by atoms with Crippen molar-refractivity contribution < 1.29 is 9.53 Å². The molecule has 0 fully saturated rings. The molecule has 0 saturated carbocycles. The molecule has 0 unspecified atom stereocenters. The molecule has 1 amide bonds. The topological polar surface area (TPSA) is 50.7 Å². The van der Waals surface area contributed by atoms with Gasteiger partial charge in [-0.15, -0.1) is 11.3 Å². The zero-order chi connectivity index (χ0) is 17.8. The quantitative estimate of drug-likeness (QED) is 0.424. The summed E-state index contributed by atoms with van der Waals surface area (Å²) in [6, 6.07) is 13.2. The molecule has 0 atom stereocenters. The number of ether oxygens (including phenoxy) is 1. The number of hydrazone groups is 1. The Hall–Kier alpha value is -1.89. The molecule has 0 aliphatic carbocycles.